The monoisotopic (exact) mass is 162 g/mol. The SMILES string of the molecule is C[NH+](C)[C@]1(C[NH3+])CCSC1. The van der Waals surface area contributed by atoms with E-state index in [9.17, 15) is 0 Å². The minimum Gasteiger partial charge on any atom is -0.352 e. The Kier molecular flexibility index (Phi) is 2.61. The lowest BCUT2D eigenvalue weighted by Crippen LogP contribution is -3.17. The van der Waals surface area contributed by atoms with Crippen LogP contribution in [0.3, 0.4) is 0 Å². The molecule has 2 nitrogen and oxygen atoms in total. The first-order chi connectivity index (χ1) is 4.71. The van der Waals surface area contributed by atoms with Crippen LogP contribution in [0.5, 0.6) is 0 Å². The highest BCUT2D eigenvalue weighted by atomic mass is 32.2. The largest absolute Gasteiger partial charge is 0.352 e. The number of likely N-dealkylation sites (N-methyl/N-ethyl adjacent to an activating group) is 1. The Morgan fingerprint density at radius 3 is 2.50 bits per heavy atom. The van der Waals surface area contributed by atoms with Crippen LogP contribution in [0, 0.1) is 0 Å². The van der Waals surface area contributed by atoms with Crippen molar-refractivity contribution in [1.82, 2.24) is 0 Å². The van der Waals surface area contributed by atoms with Crippen molar-refractivity contribution in [2.45, 2.75) is 12.0 Å². The van der Waals surface area contributed by atoms with Gasteiger partial charge in [0.25, 0.3) is 0 Å². The van der Waals surface area contributed by atoms with E-state index in [4.69, 9.17) is 0 Å². The zero-order chi connectivity index (χ0) is 7.61. The maximum absolute atomic E-state index is 4.03. The van der Waals surface area contributed by atoms with Crippen molar-refractivity contribution in [2.24, 2.45) is 0 Å². The van der Waals surface area contributed by atoms with E-state index in [1.54, 1.807) is 4.90 Å². The molecule has 0 amide bonds. The van der Waals surface area contributed by atoms with Gasteiger partial charge in [-0.05, 0) is 5.75 Å². The van der Waals surface area contributed by atoms with Crippen molar-refractivity contribution >= 4 is 11.8 Å². The molecule has 0 saturated carbocycles. The van der Waals surface area contributed by atoms with Gasteiger partial charge in [-0.1, -0.05) is 0 Å². The van der Waals surface area contributed by atoms with Crippen LogP contribution in [-0.2, 0) is 0 Å². The number of nitrogens with one attached hydrogen (secondary N) is 1. The van der Waals surface area contributed by atoms with Gasteiger partial charge >= 0.3 is 0 Å². The third-order valence-corrected chi connectivity index (χ3v) is 3.89. The molecular weight excluding hydrogens is 144 g/mol. The molecule has 0 aromatic carbocycles. The summed E-state index contributed by atoms with van der Waals surface area (Å²) in [6, 6.07) is 0. The minimum absolute atomic E-state index is 0.505. The molecule has 0 unspecified atom stereocenters. The summed E-state index contributed by atoms with van der Waals surface area (Å²) < 4.78 is 0. The third-order valence-electron chi connectivity index (χ3n) is 2.64. The highest BCUT2D eigenvalue weighted by Crippen LogP contribution is 2.23. The summed E-state index contributed by atoms with van der Waals surface area (Å²) in [5.41, 5.74) is 4.53. The van der Waals surface area contributed by atoms with E-state index < -0.39 is 0 Å². The molecule has 4 N–H and O–H groups in total. The van der Waals surface area contributed by atoms with Gasteiger partial charge in [0.2, 0.25) is 0 Å². The lowest BCUT2D eigenvalue weighted by molar-refractivity contribution is -0.919. The quantitative estimate of drug-likeness (QED) is 0.496. The molecule has 0 aromatic heterocycles. The summed E-state index contributed by atoms with van der Waals surface area (Å²) in [4.78, 5) is 1.58. The number of hydrogen-bond donors (Lipinski definition) is 2. The second kappa shape index (κ2) is 3.11. The lowest BCUT2D eigenvalue weighted by atomic mass is 9.98. The zero-order valence-electron chi connectivity index (χ0n) is 6.94. The van der Waals surface area contributed by atoms with Crippen molar-refractivity contribution in [2.75, 3.05) is 32.1 Å². The molecule has 1 saturated heterocycles. The summed E-state index contributed by atoms with van der Waals surface area (Å²) in [5, 5.41) is 0. The summed E-state index contributed by atoms with van der Waals surface area (Å²) in [6.07, 6.45) is 1.35. The fourth-order valence-corrected chi connectivity index (χ4v) is 3.10. The Bertz CT molecular complexity index is 108. The normalized spacial score (nSPS) is 33.6. The Morgan fingerprint density at radius 1 is 1.60 bits per heavy atom. The number of hydrogen-bond acceptors (Lipinski definition) is 1. The molecule has 3 heteroatoms. The first-order valence-corrected chi connectivity index (χ1v) is 5.04. The second-order valence-electron chi connectivity index (χ2n) is 3.33. The molecule has 0 spiro atoms. The molecule has 1 atom stereocenters. The average molecular weight is 162 g/mol. The first kappa shape index (κ1) is 8.37. The molecule has 60 valence electrons. The second-order valence-corrected chi connectivity index (χ2v) is 4.44. The zero-order valence-corrected chi connectivity index (χ0v) is 7.76. The van der Waals surface area contributed by atoms with Gasteiger partial charge in [0.05, 0.1) is 19.8 Å². The van der Waals surface area contributed by atoms with Gasteiger partial charge in [-0.2, -0.15) is 11.8 Å². The topological polar surface area (TPSA) is 32.1 Å². The molecule has 1 aliphatic rings. The van der Waals surface area contributed by atoms with E-state index in [0.29, 0.717) is 5.54 Å². The van der Waals surface area contributed by atoms with Crippen molar-refractivity contribution in [3.8, 4) is 0 Å². The Balaban J connectivity index is 2.58. The van der Waals surface area contributed by atoms with Gasteiger partial charge in [-0.15, -0.1) is 0 Å². The van der Waals surface area contributed by atoms with Crippen molar-refractivity contribution < 1.29 is 10.6 Å². The Hall–Kier alpha value is 0.270. The van der Waals surface area contributed by atoms with E-state index in [-0.39, 0.29) is 0 Å². The highest BCUT2D eigenvalue weighted by molar-refractivity contribution is 7.99. The molecule has 1 aliphatic heterocycles. The molecule has 0 bridgehead atoms. The molecule has 0 radical (unpaired) electrons. The molecule has 0 aromatic rings. The van der Waals surface area contributed by atoms with Crippen LogP contribution in [0.25, 0.3) is 0 Å². The van der Waals surface area contributed by atoms with Gasteiger partial charge in [0, 0.05) is 6.42 Å². The van der Waals surface area contributed by atoms with E-state index in [2.05, 4.69) is 31.6 Å². The van der Waals surface area contributed by atoms with Gasteiger partial charge in [-0.3, -0.25) is 0 Å². The van der Waals surface area contributed by atoms with E-state index in [1.165, 1.54) is 17.9 Å². The van der Waals surface area contributed by atoms with Crippen LogP contribution in [0.1, 0.15) is 6.42 Å². The summed E-state index contributed by atoms with van der Waals surface area (Å²) in [6.45, 7) is 1.09. The number of quaternary nitrogens is 2. The van der Waals surface area contributed by atoms with E-state index >= 15 is 0 Å². The summed E-state index contributed by atoms with van der Waals surface area (Å²) in [7, 11) is 4.49. The number of thioether (sulfide) groups is 1. The smallest absolute Gasteiger partial charge is 0.156 e. The number of rotatable bonds is 2. The lowest BCUT2D eigenvalue weighted by Gasteiger charge is -2.28. The van der Waals surface area contributed by atoms with Crippen LogP contribution in [0.15, 0.2) is 0 Å². The molecule has 1 rings (SSSR count). The van der Waals surface area contributed by atoms with Gasteiger partial charge in [0.15, 0.2) is 5.54 Å². The first-order valence-electron chi connectivity index (χ1n) is 3.89. The summed E-state index contributed by atoms with van der Waals surface area (Å²) in [5.74, 6) is 2.64. The van der Waals surface area contributed by atoms with Crippen LogP contribution in [-0.4, -0.2) is 37.7 Å². The van der Waals surface area contributed by atoms with Crippen LogP contribution < -0.4 is 10.6 Å². The highest BCUT2D eigenvalue weighted by Gasteiger charge is 2.41. The standard InChI is InChI=1S/C7H16N2S/c1-9(2)7(5-8)3-4-10-6-7/h3-6,8H2,1-2H3/p+2/t7-/m0/s1. The van der Waals surface area contributed by atoms with Crippen LogP contribution >= 0.6 is 11.8 Å². The maximum atomic E-state index is 4.03. The van der Waals surface area contributed by atoms with E-state index in [0.717, 1.165) is 6.54 Å². The molecule has 10 heavy (non-hydrogen) atoms. The Labute approximate surface area is 67.1 Å². The fourth-order valence-electron chi connectivity index (χ4n) is 1.45. The van der Waals surface area contributed by atoms with Crippen molar-refractivity contribution in [1.29, 1.82) is 0 Å². The van der Waals surface area contributed by atoms with Crippen LogP contribution in [0.2, 0.25) is 0 Å². The van der Waals surface area contributed by atoms with Crippen molar-refractivity contribution in [3.05, 3.63) is 0 Å². The minimum atomic E-state index is 0.505. The maximum Gasteiger partial charge on any atom is 0.156 e. The van der Waals surface area contributed by atoms with Crippen LogP contribution in [0.4, 0.5) is 0 Å². The molecule has 1 fully saturated rings. The van der Waals surface area contributed by atoms with Gasteiger partial charge in [-0.25, -0.2) is 0 Å². The Morgan fingerprint density at radius 2 is 2.30 bits per heavy atom. The van der Waals surface area contributed by atoms with Gasteiger partial charge in [0.1, 0.15) is 6.54 Å². The fraction of sp³-hybridized carbons (Fsp3) is 1.00. The van der Waals surface area contributed by atoms with E-state index in [1.807, 2.05) is 0 Å². The predicted octanol–water partition coefficient (Wildman–Crippen LogP) is -1.75. The third kappa shape index (κ3) is 1.31. The molecule has 1 heterocycles. The predicted molar refractivity (Wildman–Crippen MR) is 45.2 cm³/mol. The molecular formula is C7H18N2S+2. The van der Waals surface area contributed by atoms with Crippen molar-refractivity contribution in [3.63, 3.8) is 0 Å². The summed E-state index contributed by atoms with van der Waals surface area (Å²) >= 11 is 2.07. The average Bonchev–Trinajstić information content (AvgIpc) is 2.35. The van der Waals surface area contributed by atoms with Gasteiger partial charge < -0.3 is 10.6 Å². The molecule has 0 aliphatic carbocycles.